The smallest absolute Gasteiger partial charge is 0.149 e. The van der Waals surface area contributed by atoms with E-state index in [9.17, 15) is 6.48 Å². The quantitative estimate of drug-likeness (QED) is 0.183. The molecule has 290 valence electrons. The van der Waals surface area contributed by atoms with E-state index in [1.54, 1.807) is 6.07 Å². The molecule has 0 saturated carbocycles. The summed E-state index contributed by atoms with van der Waals surface area (Å²) in [4.78, 5) is 9.92. The minimum Gasteiger partial charge on any atom is -0.507 e. The fourth-order valence-corrected chi connectivity index (χ4v) is 7.39. The first-order chi connectivity index (χ1) is 30.9. The van der Waals surface area contributed by atoms with Gasteiger partial charge in [-0.2, -0.15) is 0 Å². The number of rotatable bonds is 6. The zero-order valence-corrected chi connectivity index (χ0v) is 34.6. The lowest BCUT2D eigenvalue weighted by Crippen LogP contribution is -2.16. The zero-order chi connectivity index (χ0) is 47.9. The maximum atomic E-state index is 11.7. The highest BCUT2D eigenvalue weighted by molar-refractivity contribution is 5.97. The van der Waals surface area contributed by atoms with E-state index in [-0.39, 0.29) is 39.4 Å². The van der Waals surface area contributed by atoms with Gasteiger partial charge >= 0.3 is 0 Å². The van der Waals surface area contributed by atoms with Gasteiger partial charge < -0.3 is 5.11 Å². The molecule has 8 rings (SSSR count). The number of hydrogen-bond donors (Lipinski definition) is 1. The normalized spacial score (nSPS) is 14.2. The van der Waals surface area contributed by atoms with Crippen molar-refractivity contribution in [1.29, 1.82) is 0 Å². The average molecular weight is 768 g/mol. The third-order valence-electron chi connectivity index (χ3n) is 10.7. The number of pyridine rings is 1. The molecule has 0 atom stereocenters. The second-order valence-corrected chi connectivity index (χ2v) is 18.0. The molecule has 4 nitrogen and oxygen atoms in total. The van der Waals surface area contributed by atoms with Crippen molar-refractivity contribution in [2.75, 3.05) is 0 Å². The Morgan fingerprint density at radius 2 is 1.28 bits per heavy atom. The van der Waals surface area contributed by atoms with E-state index >= 15 is 0 Å². The summed E-state index contributed by atoms with van der Waals surface area (Å²) >= 11 is 0. The summed E-state index contributed by atoms with van der Waals surface area (Å²) in [5.74, 6) is 0.638. The van der Waals surface area contributed by atoms with Crippen LogP contribution in [0.15, 0.2) is 152 Å². The number of aromatic nitrogens is 3. The van der Waals surface area contributed by atoms with E-state index < -0.39 is 47.8 Å². The Bertz CT molecular complexity index is 3220. The molecule has 0 radical (unpaired) electrons. The topological polar surface area (TPSA) is 50.9 Å². The summed E-state index contributed by atoms with van der Waals surface area (Å²) in [5.41, 5.74) is 8.46. The van der Waals surface area contributed by atoms with Gasteiger partial charge in [0.1, 0.15) is 11.6 Å². The molecule has 0 amide bonds. The van der Waals surface area contributed by atoms with E-state index in [2.05, 4.69) is 108 Å². The molecule has 0 aliphatic rings. The Morgan fingerprint density at radius 3 is 1.98 bits per heavy atom. The van der Waals surface area contributed by atoms with Crippen molar-refractivity contribution >= 4 is 11.0 Å². The highest BCUT2D eigenvalue weighted by Gasteiger charge is 2.27. The molecule has 0 spiro atoms. The molecule has 0 fully saturated rings. The first kappa shape index (κ1) is 29.9. The van der Waals surface area contributed by atoms with Gasteiger partial charge in [-0.05, 0) is 115 Å². The van der Waals surface area contributed by atoms with Crippen molar-refractivity contribution in [2.24, 2.45) is 0 Å². The fraction of sp³-hybridized carbons (Fsp3) is 0.222. The number of aromatic hydroxyl groups is 1. The molecule has 8 aromatic rings. The number of fused-ring (bicyclic) bond motifs is 1. The van der Waals surface area contributed by atoms with Crippen molar-refractivity contribution in [3.63, 3.8) is 0 Å². The fourth-order valence-electron chi connectivity index (χ4n) is 7.39. The zero-order valence-electron chi connectivity index (χ0n) is 42.6. The van der Waals surface area contributed by atoms with Gasteiger partial charge in [0.15, 0.2) is 0 Å². The Hall–Kier alpha value is -6.26. The van der Waals surface area contributed by atoms with Crippen LogP contribution in [0.5, 0.6) is 5.75 Å². The van der Waals surface area contributed by atoms with Crippen molar-refractivity contribution < 1.29 is 16.1 Å². The van der Waals surface area contributed by atoms with Crippen molar-refractivity contribution in [2.45, 2.75) is 78.6 Å². The first-order valence-corrected chi connectivity index (χ1v) is 19.7. The van der Waals surface area contributed by atoms with Gasteiger partial charge in [0.2, 0.25) is 0 Å². The van der Waals surface area contributed by atoms with Crippen molar-refractivity contribution in [3.8, 4) is 67.5 Å². The molecule has 4 heteroatoms. The molecule has 0 unspecified atom stereocenters. The number of benzene rings is 6. The Labute approximate surface area is 355 Å². The molecule has 0 aliphatic carbocycles. The molecule has 0 bridgehead atoms. The van der Waals surface area contributed by atoms with E-state index in [0.29, 0.717) is 22.5 Å². The third kappa shape index (κ3) is 7.47. The summed E-state index contributed by atoms with van der Waals surface area (Å²) in [6.45, 7) is 19.2. The van der Waals surface area contributed by atoms with Crippen LogP contribution in [-0.2, 0) is 16.2 Å². The lowest BCUT2D eigenvalue weighted by molar-refractivity contribution is 0.475. The average Bonchev–Trinajstić information content (AvgIpc) is 3.66. The minimum atomic E-state index is -0.598. The molecule has 1 N–H and O–H groups in total. The molecular weight excluding hydrogens is 707 g/mol. The number of hydrogen-bond acceptors (Lipinski definition) is 3. The second kappa shape index (κ2) is 14.6. The Balaban J connectivity index is 1.44. The first-order valence-electron chi connectivity index (χ1n) is 23.7. The number of phenols is 1. The van der Waals surface area contributed by atoms with Crippen LogP contribution >= 0.6 is 0 Å². The number of imidazole rings is 1. The lowest BCUT2D eigenvalue weighted by Gasteiger charge is -2.26. The van der Waals surface area contributed by atoms with Gasteiger partial charge in [-0.25, -0.2) is 4.98 Å². The summed E-state index contributed by atoms with van der Waals surface area (Å²) in [5, 5.41) is 11.7. The Morgan fingerprint density at radius 1 is 0.552 bits per heavy atom. The number of phenolic OH excluding ortho intramolecular Hbond substituents is 1. The molecule has 0 saturated heterocycles. The van der Waals surface area contributed by atoms with Gasteiger partial charge in [0, 0.05) is 17.3 Å². The summed E-state index contributed by atoms with van der Waals surface area (Å²) in [6.07, 6.45) is -0.499. The summed E-state index contributed by atoms with van der Waals surface area (Å²) < 4.78 is 71.5. The maximum Gasteiger partial charge on any atom is 0.149 e. The monoisotopic (exact) mass is 767 g/mol. The minimum absolute atomic E-state index is 0.0285. The standard InChI is InChI=1S/C54H53N3O/c1-52(2,3)41-24-26-49(58)44(34-41)51-56-50-43(21-16-22-48(50)57(51)47-25-23-37(32-45(47)54(7,8)9)35-17-12-10-13-18-35)39-29-40(31-42(30-39)53(4,5)6)46-33-38(27-28-55-46)36-19-14-11-15-20-36/h10-34,58H,1-9H3/i11D,14D,15D,19D,20D,27D,28D,33D. The highest BCUT2D eigenvalue weighted by atomic mass is 16.3. The van der Waals surface area contributed by atoms with Crippen LogP contribution in [0.1, 0.15) is 90.0 Å². The van der Waals surface area contributed by atoms with E-state index in [0.717, 1.165) is 50.1 Å². The van der Waals surface area contributed by atoms with E-state index in [1.807, 2.05) is 60.7 Å². The van der Waals surface area contributed by atoms with E-state index in [4.69, 9.17) is 14.6 Å². The number of nitrogens with zero attached hydrogens (tertiary/aromatic N) is 3. The molecule has 6 aromatic carbocycles. The predicted octanol–water partition coefficient (Wildman–Crippen LogP) is 14.4. The maximum absolute atomic E-state index is 11.7. The van der Waals surface area contributed by atoms with Crippen LogP contribution in [0.4, 0.5) is 0 Å². The van der Waals surface area contributed by atoms with Crippen LogP contribution < -0.4 is 0 Å². The van der Waals surface area contributed by atoms with Gasteiger partial charge in [-0.15, -0.1) is 0 Å². The van der Waals surface area contributed by atoms with Gasteiger partial charge in [0.25, 0.3) is 0 Å². The molecule has 0 aliphatic heterocycles. The molecule has 58 heavy (non-hydrogen) atoms. The second-order valence-electron chi connectivity index (χ2n) is 18.0. The van der Waals surface area contributed by atoms with Crippen LogP contribution in [-0.4, -0.2) is 19.6 Å². The van der Waals surface area contributed by atoms with Crippen molar-refractivity contribution in [1.82, 2.24) is 14.5 Å². The molecule has 2 aromatic heterocycles. The van der Waals surface area contributed by atoms with Gasteiger partial charge in [-0.1, -0.05) is 153 Å². The third-order valence-corrected chi connectivity index (χ3v) is 10.7. The van der Waals surface area contributed by atoms with Crippen molar-refractivity contribution in [3.05, 3.63) is 168 Å². The van der Waals surface area contributed by atoms with E-state index in [1.165, 1.54) is 0 Å². The highest BCUT2D eigenvalue weighted by Crippen LogP contribution is 2.43. The summed E-state index contributed by atoms with van der Waals surface area (Å²) in [7, 11) is 0. The van der Waals surface area contributed by atoms with Gasteiger partial charge in [0.05, 0.1) is 38.9 Å². The van der Waals surface area contributed by atoms with Crippen LogP contribution in [0.25, 0.3) is 72.7 Å². The number of para-hydroxylation sites is 1. The molecule has 2 heterocycles. The SMILES string of the molecule is [2H]c1nc(-c2cc(-c3cccc4c3nc(-c3cc(C(C)(C)C)ccc3O)n4-c3ccc(-c4ccccc4)cc3C(C)(C)C)cc(C(C)(C)C)c2)c([2H])c(-c2c([2H])c([2H])c([2H])c([2H])c2[2H])c1[2H]. The van der Waals surface area contributed by atoms with Crippen LogP contribution in [0.3, 0.4) is 0 Å². The summed E-state index contributed by atoms with van der Waals surface area (Å²) in [6, 6.07) is 30.5. The Kier molecular flexibility index (Phi) is 7.53. The van der Waals surface area contributed by atoms with Crippen LogP contribution in [0, 0.1) is 0 Å². The predicted molar refractivity (Wildman–Crippen MR) is 244 cm³/mol. The van der Waals surface area contributed by atoms with Crippen LogP contribution in [0.2, 0.25) is 0 Å². The van der Waals surface area contributed by atoms with Gasteiger partial charge in [-0.3, -0.25) is 9.55 Å². The molecular formula is C54H53N3O. The lowest BCUT2D eigenvalue weighted by atomic mass is 9.83. The largest absolute Gasteiger partial charge is 0.507 e.